The van der Waals surface area contributed by atoms with Crippen LogP contribution in [0.15, 0.2) is 18.2 Å². The van der Waals surface area contributed by atoms with Crippen LogP contribution in [0.4, 0.5) is 0 Å². The van der Waals surface area contributed by atoms with Crippen molar-refractivity contribution < 1.29 is 4.74 Å². The summed E-state index contributed by atoms with van der Waals surface area (Å²) in [6, 6.07) is 6.11. The molecule has 1 aromatic carbocycles. The SMILES string of the molecule is CCc1cc(C(N)N(C)C)ccc1OC. The van der Waals surface area contributed by atoms with Crippen LogP contribution in [-0.4, -0.2) is 26.1 Å². The molecule has 0 spiro atoms. The third-order valence-corrected chi connectivity index (χ3v) is 2.58. The summed E-state index contributed by atoms with van der Waals surface area (Å²) in [5, 5.41) is 0. The van der Waals surface area contributed by atoms with E-state index in [-0.39, 0.29) is 6.17 Å². The van der Waals surface area contributed by atoms with Crippen LogP contribution in [0.3, 0.4) is 0 Å². The highest BCUT2D eigenvalue weighted by Crippen LogP contribution is 2.23. The normalized spacial score (nSPS) is 12.9. The summed E-state index contributed by atoms with van der Waals surface area (Å²) in [6.45, 7) is 2.11. The first-order valence-corrected chi connectivity index (χ1v) is 5.19. The number of nitrogens with two attached hydrogens (primary N) is 1. The lowest BCUT2D eigenvalue weighted by Gasteiger charge is -2.21. The van der Waals surface area contributed by atoms with E-state index in [4.69, 9.17) is 10.5 Å². The lowest BCUT2D eigenvalue weighted by molar-refractivity contribution is 0.306. The zero-order chi connectivity index (χ0) is 11.4. The number of benzene rings is 1. The van der Waals surface area contributed by atoms with Crippen molar-refractivity contribution in [2.45, 2.75) is 19.5 Å². The molecular formula is C12H20N2O. The van der Waals surface area contributed by atoms with Crippen LogP contribution in [0, 0.1) is 0 Å². The maximum absolute atomic E-state index is 6.04. The zero-order valence-electron chi connectivity index (χ0n) is 9.95. The molecule has 1 atom stereocenters. The fraction of sp³-hybridized carbons (Fsp3) is 0.500. The number of rotatable bonds is 4. The van der Waals surface area contributed by atoms with E-state index >= 15 is 0 Å². The molecule has 0 aliphatic heterocycles. The molecule has 0 bridgehead atoms. The Bertz CT molecular complexity index is 323. The summed E-state index contributed by atoms with van der Waals surface area (Å²) in [5.74, 6) is 0.937. The summed E-state index contributed by atoms with van der Waals surface area (Å²) in [4.78, 5) is 1.99. The summed E-state index contributed by atoms with van der Waals surface area (Å²) in [6.07, 6.45) is 0.901. The van der Waals surface area contributed by atoms with Gasteiger partial charge in [0.25, 0.3) is 0 Å². The van der Waals surface area contributed by atoms with Gasteiger partial charge in [-0.1, -0.05) is 13.0 Å². The summed E-state index contributed by atoms with van der Waals surface area (Å²) in [7, 11) is 5.64. The Morgan fingerprint density at radius 2 is 2.07 bits per heavy atom. The minimum absolute atomic E-state index is 0.0544. The molecule has 0 radical (unpaired) electrons. The monoisotopic (exact) mass is 208 g/mol. The average Bonchev–Trinajstić information content (AvgIpc) is 2.26. The second kappa shape index (κ2) is 5.14. The second-order valence-corrected chi connectivity index (χ2v) is 3.83. The van der Waals surface area contributed by atoms with E-state index in [0.29, 0.717) is 0 Å². The van der Waals surface area contributed by atoms with Crippen LogP contribution in [0.1, 0.15) is 24.2 Å². The lowest BCUT2D eigenvalue weighted by Crippen LogP contribution is -2.27. The van der Waals surface area contributed by atoms with Crippen LogP contribution < -0.4 is 10.5 Å². The van der Waals surface area contributed by atoms with Crippen molar-refractivity contribution in [3.05, 3.63) is 29.3 Å². The Balaban J connectivity index is 3.02. The van der Waals surface area contributed by atoms with Gasteiger partial charge in [0.1, 0.15) is 5.75 Å². The Labute approximate surface area is 91.8 Å². The highest BCUT2D eigenvalue weighted by atomic mass is 16.5. The van der Waals surface area contributed by atoms with E-state index in [2.05, 4.69) is 13.0 Å². The Morgan fingerprint density at radius 1 is 1.40 bits per heavy atom. The molecule has 0 saturated heterocycles. The van der Waals surface area contributed by atoms with Gasteiger partial charge in [-0.05, 0) is 43.8 Å². The minimum Gasteiger partial charge on any atom is -0.496 e. The molecule has 1 unspecified atom stereocenters. The number of aryl methyl sites for hydroxylation is 1. The van der Waals surface area contributed by atoms with Gasteiger partial charge in [-0.15, -0.1) is 0 Å². The van der Waals surface area contributed by atoms with E-state index < -0.39 is 0 Å². The molecule has 0 aliphatic rings. The van der Waals surface area contributed by atoms with Crippen molar-refractivity contribution in [2.75, 3.05) is 21.2 Å². The fourth-order valence-electron chi connectivity index (χ4n) is 1.56. The van der Waals surface area contributed by atoms with Gasteiger partial charge < -0.3 is 10.5 Å². The first-order valence-electron chi connectivity index (χ1n) is 5.19. The van der Waals surface area contributed by atoms with E-state index in [1.807, 2.05) is 31.1 Å². The predicted octanol–water partition coefficient (Wildman–Crippen LogP) is 1.78. The number of methoxy groups -OCH3 is 1. The summed E-state index contributed by atoms with van der Waals surface area (Å²) >= 11 is 0. The molecule has 0 saturated carbocycles. The maximum atomic E-state index is 6.04. The average molecular weight is 208 g/mol. The zero-order valence-corrected chi connectivity index (χ0v) is 9.95. The van der Waals surface area contributed by atoms with Gasteiger partial charge >= 0.3 is 0 Å². The van der Waals surface area contributed by atoms with Crippen LogP contribution in [-0.2, 0) is 6.42 Å². The van der Waals surface area contributed by atoms with Crippen molar-refractivity contribution in [2.24, 2.45) is 5.73 Å². The van der Waals surface area contributed by atoms with Crippen LogP contribution in [0.2, 0.25) is 0 Å². The third-order valence-electron chi connectivity index (χ3n) is 2.58. The largest absolute Gasteiger partial charge is 0.496 e. The van der Waals surface area contributed by atoms with Gasteiger partial charge in [-0.3, -0.25) is 4.90 Å². The van der Waals surface area contributed by atoms with E-state index in [1.165, 1.54) is 5.56 Å². The lowest BCUT2D eigenvalue weighted by atomic mass is 10.1. The molecule has 3 heteroatoms. The molecule has 3 nitrogen and oxygen atoms in total. The number of nitrogens with zero attached hydrogens (tertiary/aromatic N) is 1. The highest BCUT2D eigenvalue weighted by Gasteiger charge is 2.10. The van der Waals surface area contributed by atoms with Gasteiger partial charge in [-0.2, -0.15) is 0 Å². The molecule has 0 fully saturated rings. The van der Waals surface area contributed by atoms with Crippen molar-refractivity contribution in [1.82, 2.24) is 4.90 Å². The van der Waals surface area contributed by atoms with Crippen LogP contribution in [0.5, 0.6) is 5.75 Å². The molecule has 1 aromatic rings. The van der Waals surface area contributed by atoms with Gasteiger partial charge in [0.15, 0.2) is 0 Å². The predicted molar refractivity (Wildman–Crippen MR) is 63.0 cm³/mol. The molecule has 0 aromatic heterocycles. The van der Waals surface area contributed by atoms with Gasteiger partial charge in [0.2, 0.25) is 0 Å². The Hall–Kier alpha value is -1.06. The molecule has 2 N–H and O–H groups in total. The Morgan fingerprint density at radius 3 is 2.53 bits per heavy atom. The standard InChI is InChI=1S/C12H20N2O/c1-5-9-8-10(12(13)14(2)3)6-7-11(9)15-4/h6-8,12H,5,13H2,1-4H3. The van der Waals surface area contributed by atoms with Crippen molar-refractivity contribution in [3.8, 4) is 5.75 Å². The maximum Gasteiger partial charge on any atom is 0.122 e. The molecule has 84 valence electrons. The van der Waals surface area contributed by atoms with E-state index in [9.17, 15) is 0 Å². The van der Waals surface area contributed by atoms with Crippen molar-refractivity contribution in [3.63, 3.8) is 0 Å². The molecule has 15 heavy (non-hydrogen) atoms. The molecule has 1 rings (SSSR count). The first kappa shape index (κ1) is 12.0. The molecule has 0 amide bonds. The number of ether oxygens (including phenoxy) is 1. The van der Waals surface area contributed by atoms with Crippen LogP contribution >= 0.6 is 0 Å². The molecule has 0 aliphatic carbocycles. The smallest absolute Gasteiger partial charge is 0.122 e. The topological polar surface area (TPSA) is 38.5 Å². The summed E-state index contributed by atoms with van der Waals surface area (Å²) in [5.41, 5.74) is 8.36. The molecule has 0 heterocycles. The quantitative estimate of drug-likeness (QED) is 0.766. The van der Waals surface area contributed by atoms with Gasteiger partial charge in [0, 0.05) is 0 Å². The first-order chi connectivity index (χ1) is 7.10. The minimum atomic E-state index is -0.0544. The van der Waals surface area contributed by atoms with E-state index in [0.717, 1.165) is 17.7 Å². The van der Waals surface area contributed by atoms with E-state index in [1.54, 1.807) is 7.11 Å². The van der Waals surface area contributed by atoms with Gasteiger partial charge in [-0.25, -0.2) is 0 Å². The Kier molecular flexibility index (Phi) is 4.12. The fourth-order valence-corrected chi connectivity index (χ4v) is 1.56. The second-order valence-electron chi connectivity index (χ2n) is 3.83. The number of hydrogen-bond donors (Lipinski definition) is 1. The van der Waals surface area contributed by atoms with Crippen LogP contribution in [0.25, 0.3) is 0 Å². The highest BCUT2D eigenvalue weighted by molar-refractivity contribution is 5.38. The summed E-state index contributed by atoms with van der Waals surface area (Å²) < 4.78 is 5.28. The third kappa shape index (κ3) is 2.70. The number of hydrogen-bond acceptors (Lipinski definition) is 3. The molecular weight excluding hydrogens is 188 g/mol. The van der Waals surface area contributed by atoms with Gasteiger partial charge in [0.05, 0.1) is 13.3 Å². The van der Waals surface area contributed by atoms with Crippen molar-refractivity contribution >= 4 is 0 Å². The van der Waals surface area contributed by atoms with Crippen molar-refractivity contribution in [1.29, 1.82) is 0 Å².